The first-order valence-corrected chi connectivity index (χ1v) is 10.3. The van der Waals surface area contributed by atoms with Crippen LogP contribution in [0.5, 0.6) is 0 Å². The lowest BCUT2D eigenvalue weighted by molar-refractivity contribution is 0.0948. The minimum Gasteiger partial charge on any atom is -0.302 e. The lowest BCUT2D eigenvalue weighted by atomic mass is 9.65. The zero-order valence-electron chi connectivity index (χ0n) is 18.0. The second-order valence-electron chi connectivity index (χ2n) is 9.21. The zero-order valence-corrected chi connectivity index (χ0v) is 18.0. The van der Waals surface area contributed by atoms with Gasteiger partial charge in [-0.2, -0.15) is 0 Å². The second kappa shape index (κ2) is 6.88. The van der Waals surface area contributed by atoms with Crippen molar-refractivity contribution in [2.75, 3.05) is 4.90 Å². The van der Waals surface area contributed by atoms with Crippen LogP contribution in [0.3, 0.4) is 0 Å². The standard InChI is InChI=1S/C27H29NO/c1-19-11-14-21(15-12-19)25(29)28-24-16-13-20(2)17-23(24)27(5,18-26(28,3)4)22-9-7-6-8-10-22/h6-17H,18H2,1-5H3/t27-/m1/s1. The van der Waals surface area contributed by atoms with Crippen LogP contribution in [0.15, 0.2) is 72.8 Å². The van der Waals surface area contributed by atoms with Crippen molar-refractivity contribution < 1.29 is 4.79 Å². The average molecular weight is 384 g/mol. The van der Waals surface area contributed by atoms with E-state index in [-0.39, 0.29) is 16.9 Å². The summed E-state index contributed by atoms with van der Waals surface area (Å²) < 4.78 is 0. The molecule has 2 nitrogen and oxygen atoms in total. The Bertz CT molecular complexity index is 1050. The normalized spacial score (nSPS) is 20.2. The van der Waals surface area contributed by atoms with Crippen LogP contribution >= 0.6 is 0 Å². The number of hydrogen-bond donors (Lipinski definition) is 0. The van der Waals surface area contributed by atoms with E-state index in [9.17, 15) is 4.79 Å². The fourth-order valence-electron chi connectivity index (χ4n) is 4.93. The maximum Gasteiger partial charge on any atom is 0.258 e. The first-order chi connectivity index (χ1) is 13.7. The molecule has 0 unspecified atom stereocenters. The van der Waals surface area contributed by atoms with E-state index in [2.05, 4.69) is 76.2 Å². The molecule has 4 rings (SSSR count). The van der Waals surface area contributed by atoms with Gasteiger partial charge in [0.25, 0.3) is 5.91 Å². The van der Waals surface area contributed by atoms with Crippen LogP contribution in [-0.2, 0) is 5.41 Å². The van der Waals surface area contributed by atoms with Crippen LogP contribution in [0.1, 0.15) is 59.8 Å². The van der Waals surface area contributed by atoms with E-state index in [1.165, 1.54) is 16.7 Å². The number of hydrogen-bond acceptors (Lipinski definition) is 1. The molecule has 0 N–H and O–H groups in total. The largest absolute Gasteiger partial charge is 0.302 e. The third-order valence-corrected chi connectivity index (χ3v) is 6.29. The van der Waals surface area contributed by atoms with Gasteiger partial charge in [0.1, 0.15) is 0 Å². The summed E-state index contributed by atoms with van der Waals surface area (Å²) in [5.74, 6) is 0.0650. The summed E-state index contributed by atoms with van der Waals surface area (Å²) in [4.78, 5) is 15.7. The highest BCUT2D eigenvalue weighted by Crippen LogP contribution is 2.51. The summed E-state index contributed by atoms with van der Waals surface area (Å²) in [5.41, 5.74) is 6.17. The number of nitrogens with zero attached hydrogens (tertiary/aromatic N) is 1. The number of carbonyl (C=O) groups excluding carboxylic acids is 1. The molecule has 1 aliphatic heterocycles. The molecule has 0 radical (unpaired) electrons. The van der Waals surface area contributed by atoms with Crippen molar-refractivity contribution in [2.45, 2.75) is 52.0 Å². The lowest BCUT2D eigenvalue weighted by Gasteiger charge is -2.51. The SMILES string of the molecule is Cc1ccc(C(=O)N2c3ccc(C)cc3[C@@](C)(c3ccccc3)CC2(C)C)cc1. The van der Waals surface area contributed by atoms with Crippen LogP contribution in [0.25, 0.3) is 0 Å². The van der Waals surface area contributed by atoms with Crippen LogP contribution in [-0.4, -0.2) is 11.4 Å². The summed E-state index contributed by atoms with van der Waals surface area (Å²) >= 11 is 0. The van der Waals surface area contributed by atoms with Gasteiger partial charge in [0.2, 0.25) is 0 Å². The number of rotatable bonds is 2. The van der Waals surface area contributed by atoms with Crippen molar-refractivity contribution >= 4 is 11.6 Å². The van der Waals surface area contributed by atoms with Gasteiger partial charge in [-0.1, -0.05) is 72.6 Å². The predicted octanol–water partition coefficient (Wildman–Crippen LogP) is 6.44. The van der Waals surface area contributed by atoms with Gasteiger partial charge in [-0.15, -0.1) is 0 Å². The molecule has 2 heteroatoms. The molecule has 1 amide bonds. The number of fused-ring (bicyclic) bond motifs is 1. The fraction of sp³-hybridized carbons (Fsp3) is 0.296. The highest BCUT2D eigenvalue weighted by molar-refractivity contribution is 6.08. The number of carbonyl (C=O) groups is 1. The summed E-state index contributed by atoms with van der Waals surface area (Å²) in [6.45, 7) is 10.8. The molecule has 0 bridgehead atoms. The van der Waals surface area contributed by atoms with Gasteiger partial charge in [-0.3, -0.25) is 4.79 Å². The van der Waals surface area contributed by atoms with Crippen LogP contribution < -0.4 is 4.90 Å². The summed E-state index contributed by atoms with van der Waals surface area (Å²) in [5, 5.41) is 0. The molecule has 0 saturated heterocycles. The van der Waals surface area contributed by atoms with Gasteiger partial charge in [-0.25, -0.2) is 0 Å². The molecule has 1 atom stereocenters. The predicted molar refractivity (Wildman–Crippen MR) is 121 cm³/mol. The van der Waals surface area contributed by atoms with Gasteiger partial charge in [0.05, 0.1) is 0 Å². The number of amides is 1. The van der Waals surface area contributed by atoms with Gasteiger partial charge >= 0.3 is 0 Å². The average Bonchev–Trinajstić information content (AvgIpc) is 2.69. The molecule has 148 valence electrons. The van der Waals surface area contributed by atoms with E-state index < -0.39 is 0 Å². The third-order valence-electron chi connectivity index (χ3n) is 6.29. The monoisotopic (exact) mass is 383 g/mol. The molecule has 0 aliphatic carbocycles. The number of aryl methyl sites for hydroxylation is 2. The number of benzene rings is 3. The van der Waals surface area contributed by atoms with E-state index in [1.54, 1.807) is 0 Å². The van der Waals surface area contributed by atoms with Crippen LogP contribution in [0.2, 0.25) is 0 Å². The Balaban J connectivity index is 1.91. The summed E-state index contributed by atoms with van der Waals surface area (Å²) in [6, 6.07) is 25.1. The minimum atomic E-state index is -0.325. The Morgan fingerprint density at radius 3 is 2.10 bits per heavy atom. The smallest absolute Gasteiger partial charge is 0.258 e. The van der Waals surface area contributed by atoms with Gasteiger partial charge in [0, 0.05) is 22.2 Å². The molecule has 0 fully saturated rings. The quantitative estimate of drug-likeness (QED) is 0.499. The maximum atomic E-state index is 13.6. The Morgan fingerprint density at radius 1 is 0.828 bits per heavy atom. The maximum absolute atomic E-state index is 13.6. The van der Waals surface area contributed by atoms with Gasteiger partial charge in [0.15, 0.2) is 0 Å². The topological polar surface area (TPSA) is 20.3 Å². The fourth-order valence-corrected chi connectivity index (χ4v) is 4.93. The van der Waals surface area contributed by atoms with Gasteiger partial charge in [-0.05, 0) is 63.4 Å². The first-order valence-electron chi connectivity index (χ1n) is 10.3. The highest BCUT2D eigenvalue weighted by atomic mass is 16.2. The Hall–Kier alpha value is -2.87. The summed E-state index contributed by atoms with van der Waals surface area (Å²) in [6.07, 6.45) is 0.859. The molecule has 29 heavy (non-hydrogen) atoms. The Morgan fingerprint density at radius 2 is 1.45 bits per heavy atom. The van der Waals surface area contributed by atoms with E-state index in [4.69, 9.17) is 0 Å². The van der Waals surface area contributed by atoms with Crippen molar-refractivity contribution in [3.05, 3.63) is 101 Å². The Kier molecular flexibility index (Phi) is 4.61. The van der Waals surface area contributed by atoms with E-state index in [0.717, 1.165) is 23.2 Å². The van der Waals surface area contributed by atoms with Crippen molar-refractivity contribution in [1.82, 2.24) is 0 Å². The Labute approximate surface area is 174 Å². The molecular formula is C27H29NO. The molecule has 1 aliphatic rings. The second-order valence-corrected chi connectivity index (χ2v) is 9.21. The molecular weight excluding hydrogens is 354 g/mol. The summed E-state index contributed by atoms with van der Waals surface area (Å²) in [7, 11) is 0. The van der Waals surface area contributed by atoms with Crippen molar-refractivity contribution in [3.8, 4) is 0 Å². The molecule has 0 saturated carbocycles. The number of anilines is 1. The molecule has 0 aromatic heterocycles. The van der Waals surface area contributed by atoms with Crippen molar-refractivity contribution in [1.29, 1.82) is 0 Å². The highest BCUT2D eigenvalue weighted by Gasteiger charge is 2.47. The zero-order chi connectivity index (χ0) is 20.8. The molecule has 0 spiro atoms. The van der Waals surface area contributed by atoms with Gasteiger partial charge < -0.3 is 4.90 Å². The van der Waals surface area contributed by atoms with Crippen LogP contribution in [0.4, 0.5) is 5.69 Å². The minimum absolute atomic E-state index is 0.0650. The molecule has 1 heterocycles. The third kappa shape index (κ3) is 3.27. The van der Waals surface area contributed by atoms with Crippen LogP contribution in [0, 0.1) is 13.8 Å². The van der Waals surface area contributed by atoms with Crippen molar-refractivity contribution in [3.63, 3.8) is 0 Å². The molecule has 3 aromatic rings. The van der Waals surface area contributed by atoms with E-state index >= 15 is 0 Å². The van der Waals surface area contributed by atoms with E-state index in [1.807, 2.05) is 36.1 Å². The lowest BCUT2D eigenvalue weighted by Crippen LogP contribution is -2.55. The van der Waals surface area contributed by atoms with E-state index in [0.29, 0.717) is 0 Å². The molecule has 3 aromatic carbocycles. The van der Waals surface area contributed by atoms with Crippen molar-refractivity contribution in [2.24, 2.45) is 0 Å². The first kappa shape index (κ1) is 19.4.